The third-order valence-corrected chi connectivity index (χ3v) is 6.09. The first kappa shape index (κ1) is 20.3. The zero-order valence-corrected chi connectivity index (χ0v) is 16.7. The molecule has 152 valence electrons. The summed E-state index contributed by atoms with van der Waals surface area (Å²) in [5.74, 6) is -0.434. The van der Waals surface area contributed by atoms with Gasteiger partial charge in [-0.15, -0.1) is 0 Å². The highest BCUT2D eigenvalue weighted by Crippen LogP contribution is 2.39. The van der Waals surface area contributed by atoms with Gasteiger partial charge in [0.25, 0.3) is 0 Å². The first-order chi connectivity index (χ1) is 13.3. The van der Waals surface area contributed by atoms with Crippen molar-refractivity contribution in [2.24, 2.45) is 29.4 Å². The number of hydrogen-bond donors (Lipinski definition) is 2. The van der Waals surface area contributed by atoms with Crippen LogP contribution in [0.2, 0.25) is 0 Å². The minimum atomic E-state index is -1.08. The number of imidazole rings is 1. The molecule has 3 rings (SSSR count). The highest BCUT2D eigenvalue weighted by atomic mass is 16.4. The number of carboxylic acid groups (broad SMARTS) is 1. The van der Waals surface area contributed by atoms with Crippen molar-refractivity contribution in [3.8, 4) is 0 Å². The predicted molar refractivity (Wildman–Crippen MR) is 108 cm³/mol. The Morgan fingerprint density at radius 3 is 2.57 bits per heavy atom. The van der Waals surface area contributed by atoms with Crippen LogP contribution in [0, 0.1) is 23.7 Å². The van der Waals surface area contributed by atoms with Crippen LogP contribution in [0.1, 0.15) is 55.2 Å². The van der Waals surface area contributed by atoms with Gasteiger partial charge in [0, 0.05) is 19.0 Å². The van der Waals surface area contributed by atoms with Gasteiger partial charge in [-0.2, -0.15) is 0 Å². The molecule has 1 fully saturated rings. The zero-order chi connectivity index (χ0) is 20.6. The van der Waals surface area contributed by atoms with Crippen LogP contribution in [0.3, 0.4) is 0 Å². The fraction of sp³-hybridized carbons (Fsp3) is 0.571. The highest BCUT2D eigenvalue weighted by molar-refractivity contribution is 5.96. The summed E-state index contributed by atoms with van der Waals surface area (Å²) in [7, 11) is 0. The molecule has 1 heterocycles. The molecule has 1 saturated carbocycles. The summed E-state index contributed by atoms with van der Waals surface area (Å²) in [6.07, 6.45) is 2.85. The van der Waals surface area contributed by atoms with Crippen molar-refractivity contribution in [2.45, 2.75) is 46.6 Å². The maximum absolute atomic E-state index is 13.5. The number of carbonyl (C=O) groups excluding carboxylic acids is 1. The Kier molecular flexibility index (Phi) is 5.74. The van der Waals surface area contributed by atoms with E-state index in [-0.39, 0.29) is 36.4 Å². The lowest BCUT2D eigenvalue weighted by atomic mass is 9.69. The lowest BCUT2D eigenvalue weighted by Gasteiger charge is -2.36. The Morgan fingerprint density at radius 2 is 1.96 bits per heavy atom. The topological polar surface area (TPSA) is 107 Å². The number of carbonyl (C=O) groups is 2. The molecule has 0 saturated heterocycles. The molecule has 3 atom stereocenters. The highest BCUT2D eigenvalue weighted by Gasteiger charge is 2.37. The fourth-order valence-electron chi connectivity index (χ4n) is 4.60. The van der Waals surface area contributed by atoms with Gasteiger partial charge >= 0.3 is 11.7 Å². The van der Waals surface area contributed by atoms with Crippen molar-refractivity contribution in [2.75, 3.05) is 6.54 Å². The van der Waals surface area contributed by atoms with Crippen LogP contribution in [0.15, 0.2) is 23.0 Å². The van der Waals surface area contributed by atoms with Crippen LogP contribution in [0.5, 0.6) is 0 Å². The Bertz CT molecular complexity index is 956. The SMILES string of the molecule is CC1CCC(C(C)C)C(C(=O)n2c(=O)n(CCN)c3cc(C(=O)O)ccc32)C1. The molecule has 0 spiro atoms. The summed E-state index contributed by atoms with van der Waals surface area (Å²) in [6, 6.07) is 4.44. The third kappa shape index (κ3) is 3.51. The van der Waals surface area contributed by atoms with Gasteiger partial charge in [0.2, 0.25) is 5.91 Å². The molecule has 0 aliphatic heterocycles. The third-order valence-electron chi connectivity index (χ3n) is 6.09. The van der Waals surface area contributed by atoms with Crippen molar-refractivity contribution >= 4 is 22.9 Å². The molecule has 2 aromatic rings. The lowest BCUT2D eigenvalue weighted by Crippen LogP contribution is -2.40. The zero-order valence-electron chi connectivity index (χ0n) is 16.7. The number of nitrogens with two attached hydrogens (primary N) is 1. The minimum Gasteiger partial charge on any atom is -0.478 e. The van der Waals surface area contributed by atoms with Gasteiger partial charge in [-0.25, -0.2) is 14.2 Å². The molecule has 28 heavy (non-hydrogen) atoms. The summed E-state index contributed by atoms with van der Waals surface area (Å²) in [4.78, 5) is 38.0. The average molecular weight is 387 g/mol. The number of carboxylic acids is 1. The van der Waals surface area contributed by atoms with Gasteiger partial charge in [-0.1, -0.05) is 27.2 Å². The van der Waals surface area contributed by atoms with Gasteiger partial charge in [-0.05, 0) is 48.8 Å². The van der Waals surface area contributed by atoms with Gasteiger partial charge in [0.1, 0.15) is 0 Å². The van der Waals surface area contributed by atoms with E-state index >= 15 is 0 Å². The van der Waals surface area contributed by atoms with E-state index in [0.717, 1.165) is 19.3 Å². The Balaban J connectivity index is 2.16. The molecule has 3 N–H and O–H groups in total. The average Bonchev–Trinajstić information content (AvgIpc) is 2.92. The first-order valence-electron chi connectivity index (χ1n) is 9.99. The van der Waals surface area contributed by atoms with E-state index in [1.54, 1.807) is 6.07 Å². The largest absolute Gasteiger partial charge is 0.478 e. The van der Waals surface area contributed by atoms with Crippen molar-refractivity contribution in [3.63, 3.8) is 0 Å². The molecule has 7 nitrogen and oxygen atoms in total. The number of rotatable bonds is 5. The van der Waals surface area contributed by atoms with E-state index in [9.17, 15) is 19.5 Å². The summed E-state index contributed by atoms with van der Waals surface area (Å²) in [6.45, 7) is 6.85. The molecule has 0 amide bonds. The van der Waals surface area contributed by atoms with E-state index in [0.29, 0.717) is 22.9 Å². The van der Waals surface area contributed by atoms with Gasteiger partial charge in [0.15, 0.2) is 0 Å². The van der Waals surface area contributed by atoms with Crippen LogP contribution in [0.25, 0.3) is 11.0 Å². The van der Waals surface area contributed by atoms with Gasteiger partial charge < -0.3 is 10.8 Å². The molecule has 1 aliphatic carbocycles. The molecule has 3 unspecified atom stereocenters. The van der Waals surface area contributed by atoms with Crippen LogP contribution in [-0.2, 0) is 6.54 Å². The van der Waals surface area contributed by atoms with E-state index in [1.807, 2.05) is 0 Å². The molecule has 1 aromatic carbocycles. The maximum Gasteiger partial charge on any atom is 0.336 e. The minimum absolute atomic E-state index is 0.0780. The summed E-state index contributed by atoms with van der Waals surface area (Å²) in [5, 5.41) is 9.29. The summed E-state index contributed by atoms with van der Waals surface area (Å²) < 4.78 is 2.66. The smallest absolute Gasteiger partial charge is 0.336 e. The predicted octanol–water partition coefficient (Wildman–Crippen LogP) is 2.81. The van der Waals surface area contributed by atoms with Crippen molar-refractivity contribution in [1.29, 1.82) is 0 Å². The standard InChI is InChI=1S/C21H29N3O4/c1-12(2)15-6-4-13(3)10-16(15)19(25)24-17-7-5-14(20(26)27)11-18(17)23(9-8-22)21(24)28/h5,7,11-13,15-16H,4,6,8-10,22H2,1-3H3,(H,26,27). The van der Waals surface area contributed by atoms with Crippen LogP contribution < -0.4 is 11.4 Å². The van der Waals surface area contributed by atoms with E-state index in [1.165, 1.54) is 21.3 Å². The van der Waals surface area contributed by atoms with Gasteiger partial charge in [0.05, 0.1) is 16.6 Å². The number of aromatic carboxylic acids is 1. The molecule has 0 bridgehead atoms. The quantitative estimate of drug-likeness (QED) is 0.820. The summed E-state index contributed by atoms with van der Waals surface area (Å²) in [5.41, 5.74) is 6.19. The van der Waals surface area contributed by atoms with Gasteiger partial charge in [-0.3, -0.25) is 9.36 Å². The number of benzene rings is 1. The van der Waals surface area contributed by atoms with Crippen molar-refractivity contribution in [3.05, 3.63) is 34.2 Å². The van der Waals surface area contributed by atoms with Crippen molar-refractivity contribution < 1.29 is 14.7 Å². The van der Waals surface area contributed by atoms with E-state index < -0.39 is 11.7 Å². The van der Waals surface area contributed by atoms with Crippen molar-refractivity contribution in [1.82, 2.24) is 9.13 Å². The number of aromatic nitrogens is 2. The van der Waals surface area contributed by atoms with E-state index in [2.05, 4.69) is 20.8 Å². The second kappa shape index (κ2) is 7.91. The van der Waals surface area contributed by atoms with Crippen LogP contribution >= 0.6 is 0 Å². The first-order valence-corrected chi connectivity index (χ1v) is 9.99. The number of fused-ring (bicyclic) bond motifs is 1. The lowest BCUT2D eigenvalue weighted by molar-refractivity contribution is 0.0632. The van der Waals surface area contributed by atoms with Crippen LogP contribution in [-0.4, -0.2) is 32.7 Å². The van der Waals surface area contributed by atoms with E-state index in [4.69, 9.17) is 5.73 Å². The molecule has 7 heteroatoms. The summed E-state index contributed by atoms with van der Waals surface area (Å²) >= 11 is 0. The normalized spacial score (nSPS) is 22.7. The fourth-order valence-corrected chi connectivity index (χ4v) is 4.60. The van der Waals surface area contributed by atoms with Crippen LogP contribution in [0.4, 0.5) is 0 Å². The molecule has 1 aromatic heterocycles. The Labute approximate surface area is 164 Å². The Hall–Kier alpha value is -2.41. The molecule has 0 radical (unpaired) electrons. The number of hydrogen-bond acceptors (Lipinski definition) is 4. The molecular weight excluding hydrogens is 358 g/mol. The second-order valence-electron chi connectivity index (χ2n) is 8.34. The molecule has 1 aliphatic rings. The monoisotopic (exact) mass is 387 g/mol. The molecular formula is C21H29N3O4. The maximum atomic E-state index is 13.5. The second-order valence-corrected chi connectivity index (χ2v) is 8.34. The number of nitrogens with zero attached hydrogens (tertiary/aromatic N) is 2. The Morgan fingerprint density at radius 1 is 1.25 bits per heavy atom.